The van der Waals surface area contributed by atoms with E-state index in [-0.39, 0.29) is 6.61 Å². The zero-order valence-electron chi connectivity index (χ0n) is 12.4. The normalized spacial score (nSPS) is 34.6. The van der Waals surface area contributed by atoms with Crippen LogP contribution in [-0.2, 0) is 0 Å². The average molecular weight is 269 g/mol. The van der Waals surface area contributed by atoms with Crippen molar-refractivity contribution in [3.63, 3.8) is 0 Å². The number of piperazine rings is 1. The monoisotopic (exact) mass is 269 g/mol. The minimum Gasteiger partial charge on any atom is -0.395 e. The fraction of sp³-hybridized carbons (Fsp3) is 1.00. The third kappa shape index (κ3) is 4.42. The Morgan fingerprint density at radius 2 is 1.79 bits per heavy atom. The van der Waals surface area contributed by atoms with Gasteiger partial charge in [-0.15, -0.1) is 0 Å². The van der Waals surface area contributed by atoms with Gasteiger partial charge in [-0.25, -0.2) is 0 Å². The molecule has 3 N–H and O–H groups in total. The van der Waals surface area contributed by atoms with E-state index in [9.17, 15) is 0 Å². The van der Waals surface area contributed by atoms with E-state index in [1.165, 1.54) is 32.2 Å². The van der Waals surface area contributed by atoms with Crippen molar-refractivity contribution in [2.24, 2.45) is 17.6 Å². The summed E-state index contributed by atoms with van der Waals surface area (Å²) in [5.41, 5.74) is 6.32. The summed E-state index contributed by atoms with van der Waals surface area (Å²) in [6.07, 6.45) is 5.19. The molecule has 1 aliphatic carbocycles. The fourth-order valence-corrected chi connectivity index (χ4v) is 3.63. The highest BCUT2D eigenvalue weighted by Crippen LogP contribution is 2.31. The van der Waals surface area contributed by atoms with Crippen molar-refractivity contribution in [1.82, 2.24) is 9.80 Å². The molecule has 4 heteroatoms. The van der Waals surface area contributed by atoms with Gasteiger partial charge in [-0.1, -0.05) is 13.3 Å². The predicted molar refractivity (Wildman–Crippen MR) is 79.1 cm³/mol. The Labute approximate surface area is 117 Å². The van der Waals surface area contributed by atoms with E-state index >= 15 is 0 Å². The molecule has 0 amide bonds. The van der Waals surface area contributed by atoms with Crippen molar-refractivity contribution in [2.75, 3.05) is 45.9 Å². The van der Waals surface area contributed by atoms with Gasteiger partial charge in [0.15, 0.2) is 0 Å². The largest absolute Gasteiger partial charge is 0.395 e. The SMILES string of the molecule is CCC1CCC(N)C(CN2CCN(CCO)CC2)C1. The van der Waals surface area contributed by atoms with Gasteiger partial charge < -0.3 is 15.7 Å². The van der Waals surface area contributed by atoms with E-state index in [1.54, 1.807) is 0 Å². The number of nitrogens with two attached hydrogens (primary N) is 1. The quantitative estimate of drug-likeness (QED) is 0.773. The molecule has 3 atom stereocenters. The summed E-state index contributed by atoms with van der Waals surface area (Å²) in [6, 6.07) is 0.415. The third-order valence-electron chi connectivity index (χ3n) is 5.10. The molecule has 2 fully saturated rings. The van der Waals surface area contributed by atoms with Gasteiger partial charge in [0.05, 0.1) is 6.61 Å². The standard InChI is InChI=1S/C15H31N3O/c1-2-13-3-4-15(16)14(11-13)12-18-7-5-17(6-8-18)9-10-19/h13-15,19H,2-12,16H2,1H3. The summed E-state index contributed by atoms with van der Waals surface area (Å²) in [5.74, 6) is 1.60. The first-order valence-electron chi connectivity index (χ1n) is 8.04. The van der Waals surface area contributed by atoms with Gasteiger partial charge in [0.25, 0.3) is 0 Å². The zero-order valence-corrected chi connectivity index (χ0v) is 12.4. The van der Waals surface area contributed by atoms with E-state index in [4.69, 9.17) is 10.8 Å². The van der Waals surface area contributed by atoms with Crippen LogP contribution in [0.25, 0.3) is 0 Å². The first-order chi connectivity index (χ1) is 9.22. The Hall–Kier alpha value is -0.160. The lowest BCUT2D eigenvalue weighted by molar-refractivity contribution is 0.0848. The van der Waals surface area contributed by atoms with Gasteiger partial charge in [-0.2, -0.15) is 0 Å². The third-order valence-corrected chi connectivity index (χ3v) is 5.10. The van der Waals surface area contributed by atoms with Gasteiger partial charge in [0, 0.05) is 45.3 Å². The van der Waals surface area contributed by atoms with Crippen LogP contribution in [-0.4, -0.2) is 66.8 Å². The van der Waals surface area contributed by atoms with Gasteiger partial charge in [-0.05, 0) is 31.1 Å². The van der Waals surface area contributed by atoms with Crippen LogP contribution in [0, 0.1) is 11.8 Å². The molecule has 0 aromatic rings. The second-order valence-electron chi connectivity index (χ2n) is 6.38. The summed E-state index contributed by atoms with van der Waals surface area (Å²) in [4.78, 5) is 4.93. The number of aliphatic hydroxyl groups is 1. The highest BCUT2D eigenvalue weighted by molar-refractivity contribution is 4.85. The van der Waals surface area contributed by atoms with E-state index in [2.05, 4.69) is 16.7 Å². The molecule has 3 unspecified atom stereocenters. The first kappa shape index (κ1) is 15.2. The molecule has 0 radical (unpaired) electrons. The molecule has 4 nitrogen and oxygen atoms in total. The van der Waals surface area contributed by atoms with Crippen LogP contribution >= 0.6 is 0 Å². The van der Waals surface area contributed by atoms with Crippen molar-refractivity contribution in [1.29, 1.82) is 0 Å². The summed E-state index contributed by atoms with van der Waals surface area (Å²) in [7, 11) is 0. The minimum absolute atomic E-state index is 0.283. The molecular formula is C15H31N3O. The number of aliphatic hydroxyl groups excluding tert-OH is 1. The average Bonchev–Trinajstić information content (AvgIpc) is 2.44. The Balaban J connectivity index is 1.74. The smallest absolute Gasteiger partial charge is 0.0558 e. The van der Waals surface area contributed by atoms with Crippen LogP contribution in [0.4, 0.5) is 0 Å². The molecule has 19 heavy (non-hydrogen) atoms. The molecule has 1 heterocycles. The molecule has 2 aliphatic rings. The van der Waals surface area contributed by atoms with Crippen molar-refractivity contribution in [2.45, 2.75) is 38.6 Å². The number of hydrogen-bond donors (Lipinski definition) is 2. The molecule has 1 saturated heterocycles. The molecular weight excluding hydrogens is 238 g/mol. The molecule has 0 bridgehead atoms. The first-order valence-corrected chi connectivity index (χ1v) is 8.04. The summed E-state index contributed by atoms with van der Waals surface area (Å²) in [5, 5.41) is 8.96. The number of β-amino-alcohol motifs (C(OH)–C–C–N with tert-alkyl or cyclic N) is 1. The highest BCUT2D eigenvalue weighted by atomic mass is 16.3. The second kappa shape index (κ2) is 7.58. The number of rotatable bonds is 5. The lowest BCUT2D eigenvalue weighted by atomic mass is 9.77. The van der Waals surface area contributed by atoms with Crippen LogP contribution in [0.2, 0.25) is 0 Å². The molecule has 1 saturated carbocycles. The molecule has 0 aromatic heterocycles. The Morgan fingerprint density at radius 3 is 2.42 bits per heavy atom. The summed E-state index contributed by atoms with van der Waals surface area (Å²) in [6.45, 7) is 9.08. The number of nitrogens with zero attached hydrogens (tertiary/aromatic N) is 2. The predicted octanol–water partition coefficient (Wildman–Crippen LogP) is 0.750. The van der Waals surface area contributed by atoms with Crippen molar-refractivity contribution >= 4 is 0 Å². The Bertz CT molecular complexity index is 254. The van der Waals surface area contributed by atoms with Crippen LogP contribution in [0.3, 0.4) is 0 Å². The lowest BCUT2D eigenvalue weighted by Gasteiger charge is -2.40. The van der Waals surface area contributed by atoms with Gasteiger partial charge in [0.1, 0.15) is 0 Å². The van der Waals surface area contributed by atoms with Crippen LogP contribution in [0.1, 0.15) is 32.6 Å². The molecule has 0 aromatic carbocycles. The van der Waals surface area contributed by atoms with Crippen molar-refractivity contribution in [3.8, 4) is 0 Å². The van der Waals surface area contributed by atoms with E-state index in [0.717, 1.165) is 38.6 Å². The second-order valence-corrected chi connectivity index (χ2v) is 6.38. The van der Waals surface area contributed by atoms with Gasteiger partial charge >= 0.3 is 0 Å². The molecule has 2 rings (SSSR count). The topological polar surface area (TPSA) is 52.7 Å². The summed E-state index contributed by atoms with van der Waals surface area (Å²) < 4.78 is 0. The number of hydrogen-bond acceptors (Lipinski definition) is 4. The van der Waals surface area contributed by atoms with E-state index < -0.39 is 0 Å². The minimum atomic E-state index is 0.283. The van der Waals surface area contributed by atoms with Crippen LogP contribution < -0.4 is 5.73 Å². The molecule has 112 valence electrons. The fourth-order valence-electron chi connectivity index (χ4n) is 3.63. The van der Waals surface area contributed by atoms with Crippen molar-refractivity contribution < 1.29 is 5.11 Å². The lowest BCUT2D eigenvalue weighted by Crippen LogP contribution is -2.51. The maximum Gasteiger partial charge on any atom is 0.0558 e. The van der Waals surface area contributed by atoms with Gasteiger partial charge in [-0.3, -0.25) is 4.90 Å². The van der Waals surface area contributed by atoms with Crippen LogP contribution in [0.15, 0.2) is 0 Å². The molecule has 1 aliphatic heterocycles. The maximum absolute atomic E-state index is 8.96. The zero-order chi connectivity index (χ0) is 13.7. The Morgan fingerprint density at radius 1 is 1.11 bits per heavy atom. The van der Waals surface area contributed by atoms with Crippen LogP contribution in [0.5, 0.6) is 0 Å². The molecule has 0 spiro atoms. The van der Waals surface area contributed by atoms with E-state index in [0.29, 0.717) is 12.0 Å². The van der Waals surface area contributed by atoms with Gasteiger partial charge in [0.2, 0.25) is 0 Å². The van der Waals surface area contributed by atoms with Crippen molar-refractivity contribution in [3.05, 3.63) is 0 Å². The summed E-state index contributed by atoms with van der Waals surface area (Å²) >= 11 is 0. The highest BCUT2D eigenvalue weighted by Gasteiger charge is 2.29. The Kier molecular flexibility index (Phi) is 6.07. The maximum atomic E-state index is 8.96. The van der Waals surface area contributed by atoms with E-state index in [1.807, 2.05) is 0 Å².